The molecule has 0 amide bonds. The van der Waals surface area contributed by atoms with Crippen molar-refractivity contribution in [1.82, 2.24) is 61.2 Å². The Morgan fingerprint density at radius 2 is 1.00 bits per heavy atom. The molecule has 0 fully saturated rings. The maximum atomic E-state index is 4.51. The molecule has 8 aromatic rings. The summed E-state index contributed by atoms with van der Waals surface area (Å²) in [7, 11) is 16.6. The lowest BCUT2D eigenvalue weighted by atomic mass is 9.68. The number of tetrazole rings is 2. The number of anilines is 4. The minimum absolute atomic E-state index is 0.338. The maximum absolute atomic E-state index is 4.51. The van der Waals surface area contributed by atoms with Crippen LogP contribution in [0.15, 0.2) is 116 Å². The first-order chi connectivity index (χ1) is 31.0. The van der Waals surface area contributed by atoms with Crippen molar-refractivity contribution < 1.29 is 0 Å². The molecule has 64 heavy (non-hydrogen) atoms. The van der Waals surface area contributed by atoms with Crippen molar-refractivity contribution in [3.8, 4) is 17.3 Å². The van der Waals surface area contributed by atoms with Crippen molar-refractivity contribution in [1.29, 1.82) is 0 Å². The molecule has 2 aliphatic carbocycles. The third-order valence-corrected chi connectivity index (χ3v) is 12.4. The van der Waals surface area contributed by atoms with Gasteiger partial charge in [0.2, 0.25) is 5.82 Å². The fraction of sp³-hybridized carbons (Fsp3) is 0.250. The summed E-state index contributed by atoms with van der Waals surface area (Å²) in [5, 5.41) is 41.4. The second-order valence-electron chi connectivity index (χ2n) is 17.1. The predicted octanol–water partition coefficient (Wildman–Crippen LogP) is 6.35. The van der Waals surface area contributed by atoms with Crippen LogP contribution in [0.25, 0.3) is 29.5 Å². The lowest BCUT2D eigenvalue weighted by Gasteiger charge is -2.35. The molecule has 0 saturated carbocycles. The number of hydrogen-bond acceptors (Lipinski definition) is 12. The molecular weight excluding hydrogens is 801 g/mol. The number of rotatable bonds is 10. The van der Waals surface area contributed by atoms with E-state index >= 15 is 0 Å². The van der Waals surface area contributed by atoms with Gasteiger partial charge in [0.25, 0.3) is 0 Å². The van der Waals surface area contributed by atoms with Gasteiger partial charge >= 0.3 is 0 Å². The first-order valence-electron chi connectivity index (χ1n) is 21.1. The van der Waals surface area contributed by atoms with Gasteiger partial charge in [0.15, 0.2) is 5.82 Å². The molecule has 2 aliphatic rings. The largest absolute Gasteiger partial charge is 0.378 e. The SMILES string of the molecule is CN(C)c1cccc(C2(c3cccc(N(C)C)c3)C=Cc3c(-c4nn[nH]n4)n[nH]c3C2)c1.CN(C)c1cccc(C2(c3cccc(N(C)C)c3)C=Cc3c(-n4cnnn4)n[nH]c3C2)c1. The van der Waals surface area contributed by atoms with Gasteiger partial charge in [-0.15, -0.1) is 15.3 Å². The van der Waals surface area contributed by atoms with E-state index in [2.05, 4.69) is 254 Å². The zero-order valence-electron chi connectivity index (χ0n) is 37.4. The van der Waals surface area contributed by atoms with E-state index in [9.17, 15) is 0 Å². The number of nitrogens with one attached hydrogen (secondary N) is 3. The molecule has 0 unspecified atom stereocenters. The summed E-state index contributed by atoms with van der Waals surface area (Å²) in [6, 6.07) is 35.0. The summed E-state index contributed by atoms with van der Waals surface area (Å²) in [4.78, 5) is 8.54. The molecule has 0 radical (unpaired) electrons. The standard InChI is InChI=1S/2C24H26N8/c1-30(2)19-9-5-7-17(13-19)24(18-8-6-10-20(14-18)31(3)4)12-11-21-22(15-24)26-27-23(21)32-16-25-28-29-32;1-31(2)18-9-5-7-16(13-18)24(17-8-6-10-19(14-17)32(3)4)12-11-20-21(15-24)25-26-22(20)23-27-29-30-28-23/h5-14,16H,15H2,1-4H3,(H,26,27);5-14H,15H2,1-4H3,(H,25,26)(H,27,28,29,30). The van der Waals surface area contributed by atoms with Gasteiger partial charge in [0, 0.05) is 125 Å². The van der Waals surface area contributed by atoms with Gasteiger partial charge in [-0.1, -0.05) is 72.8 Å². The van der Waals surface area contributed by atoms with Crippen molar-refractivity contribution in [3.63, 3.8) is 0 Å². The number of hydrogen-bond donors (Lipinski definition) is 3. The number of aromatic amines is 3. The summed E-state index contributed by atoms with van der Waals surface area (Å²) in [5.74, 6) is 1.20. The van der Waals surface area contributed by atoms with Crippen LogP contribution in [0.5, 0.6) is 0 Å². The molecule has 4 aromatic heterocycles. The van der Waals surface area contributed by atoms with Gasteiger partial charge < -0.3 is 19.6 Å². The molecule has 324 valence electrons. The molecule has 0 aliphatic heterocycles. The van der Waals surface area contributed by atoms with Crippen LogP contribution in [0.4, 0.5) is 22.7 Å². The second-order valence-corrected chi connectivity index (χ2v) is 17.1. The third-order valence-electron chi connectivity index (χ3n) is 12.4. The Bertz CT molecular complexity index is 2630. The number of fused-ring (bicyclic) bond motifs is 2. The van der Waals surface area contributed by atoms with Crippen molar-refractivity contribution in [2.75, 3.05) is 76.0 Å². The Kier molecular flexibility index (Phi) is 10.9. The van der Waals surface area contributed by atoms with E-state index < -0.39 is 0 Å². The van der Waals surface area contributed by atoms with Crippen LogP contribution in [0, 0.1) is 0 Å². The van der Waals surface area contributed by atoms with Crippen molar-refractivity contribution in [2.24, 2.45) is 0 Å². The fourth-order valence-electron chi connectivity index (χ4n) is 8.75. The lowest BCUT2D eigenvalue weighted by Crippen LogP contribution is -2.31. The topological polar surface area (TPSA) is 168 Å². The Balaban J connectivity index is 0.000000162. The molecule has 10 rings (SSSR count). The molecule has 0 saturated heterocycles. The minimum Gasteiger partial charge on any atom is -0.378 e. The number of aromatic nitrogens is 12. The van der Waals surface area contributed by atoms with Gasteiger partial charge in [-0.2, -0.15) is 20.1 Å². The quantitative estimate of drug-likeness (QED) is 0.140. The van der Waals surface area contributed by atoms with Crippen LogP contribution < -0.4 is 19.6 Å². The van der Waals surface area contributed by atoms with E-state index in [-0.39, 0.29) is 10.8 Å². The molecule has 0 bridgehead atoms. The first kappa shape index (κ1) is 41.5. The Morgan fingerprint density at radius 3 is 1.42 bits per heavy atom. The molecule has 4 heterocycles. The van der Waals surface area contributed by atoms with E-state index in [4.69, 9.17) is 0 Å². The Labute approximate surface area is 372 Å². The Morgan fingerprint density at radius 1 is 0.547 bits per heavy atom. The zero-order valence-corrected chi connectivity index (χ0v) is 37.4. The predicted molar refractivity (Wildman–Crippen MR) is 253 cm³/mol. The Hall–Kier alpha value is -7.88. The lowest BCUT2D eigenvalue weighted by molar-refractivity contribution is 0.620. The van der Waals surface area contributed by atoms with Gasteiger partial charge in [0.05, 0.1) is 0 Å². The molecule has 16 heteroatoms. The summed E-state index contributed by atoms with van der Waals surface area (Å²) >= 11 is 0. The zero-order chi connectivity index (χ0) is 44.6. The number of H-pyrrole nitrogens is 3. The van der Waals surface area contributed by atoms with E-state index in [1.54, 1.807) is 11.0 Å². The second kappa shape index (κ2) is 16.8. The fourth-order valence-corrected chi connectivity index (χ4v) is 8.75. The average Bonchev–Trinajstić information content (AvgIpc) is 4.17. The monoisotopic (exact) mass is 852 g/mol. The molecule has 3 N–H and O–H groups in total. The average molecular weight is 853 g/mol. The summed E-state index contributed by atoms with van der Waals surface area (Å²) in [5.41, 5.74) is 13.8. The summed E-state index contributed by atoms with van der Waals surface area (Å²) < 4.78 is 1.59. The minimum atomic E-state index is -0.341. The normalized spacial score (nSPS) is 14.2. The van der Waals surface area contributed by atoms with E-state index in [0.717, 1.165) is 35.4 Å². The molecular formula is C48H52N16. The van der Waals surface area contributed by atoms with Crippen LogP contribution in [0.1, 0.15) is 44.8 Å². The maximum Gasteiger partial charge on any atom is 0.225 e. The summed E-state index contributed by atoms with van der Waals surface area (Å²) in [6.07, 6.45) is 11.9. The first-order valence-corrected chi connectivity index (χ1v) is 21.1. The molecule has 16 nitrogen and oxygen atoms in total. The highest BCUT2D eigenvalue weighted by atomic mass is 15.5. The van der Waals surface area contributed by atoms with Gasteiger partial charge in [0.1, 0.15) is 12.0 Å². The number of allylic oxidation sites excluding steroid dienone is 2. The third kappa shape index (κ3) is 7.56. The van der Waals surface area contributed by atoms with Gasteiger partial charge in [-0.25, -0.2) is 0 Å². The van der Waals surface area contributed by atoms with E-state index in [1.165, 1.54) is 45.0 Å². The molecule has 0 spiro atoms. The van der Waals surface area contributed by atoms with Crippen LogP contribution in [-0.4, -0.2) is 118 Å². The van der Waals surface area contributed by atoms with Crippen LogP contribution in [0.2, 0.25) is 0 Å². The highest BCUT2D eigenvalue weighted by Gasteiger charge is 2.39. The van der Waals surface area contributed by atoms with Crippen LogP contribution in [-0.2, 0) is 23.7 Å². The van der Waals surface area contributed by atoms with Gasteiger partial charge in [-0.05, 0) is 86.4 Å². The number of benzene rings is 4. The molecule has 4 aromatic carbocycles. The van der Waals surface area contributed by atoms with Gasteiger partial charge in [-0.3, -0.25) is 10.2 Å². The van der Waals surface area contributed by atoms with Crippen molar-refractivity contribution >= 4 is 34.9 Å². The van der Waals surface area contributed by atoms with E-state index in [1.807, 2.05) is 0 Å². The van der Waals surface area contributed by atoms with E-state index in [0.29, 0.717) is 17.3 Å². The van der Waals surface area contributed by atoms with Crippen molar-refractivity contribution in [3.05, 3.63) is 160 Å². The highest BCUT2D eigenvalue weighted by Crippen LogP contribution is 2.45. The summed E-state index contributed by atoms with van der Waals surface area (Å²) in [6.45, 7) is 0. The van der Waals surface area contributed by atoms with Crippen molar-refractivity contribution in [2.45, 2.75) is 23.7 Å². The number of nitrogens with zero attached hydrogens (tertiary/aromatic N) is 13. The van der Waals surface area contributed by atoms with Crippen LogP contribution >= 0.6 is 0 Å². The smallest absolute Gasteiger partial charge is 0.225 e. The highest BCUT2D eigenvalue weighted by molar-refractivity contribution is 5.74. The van der Waals surface area contributed by atoms with Crippen LogP contribution in [0.3, 0.4) is 0 Å². The molecule has 0 atom stereocenters.